The maximum atomic E-state index is 13.2. The predicted octanol–water partition coefficient (Wildman–Crippen LogP) is 3.20. The van der Waals surface area contributed by atoms with Gasteiger partial charge < -0.3 is 9.64 Å². The van der Waals surface area contributed by atoms with E-state index in [1.54, 1.807) is 16.8 Å². The summed E-state index contributed by atoms with van der Waals surface area (Å²) in [5.41, 5.74) is 3.51. The number of rotatable bonds is 5. The molecule has 26 heavy (non-hydrogen) atoms. The molecule has 1 aromatic heterocycles. The van der Waals surface area contributed by atoms with Gasteiger partial charge in [0.05, 0.1) is 23.9 Å². The van der Waals surface area contributed by atoms with Crippen molar-refractivity contribution in [2.45, 2.75) is 46.1 Å². The van der Waals surface area contributed by atoms with Gasteiger partial charge in [0.1, 0.15) is 5.82 Å². The Morgan fingerprint density at radius 2 is 1.88 bits per heavy atom. The van der Waals surface area contributed by atoms with Gasteiger partial charge in [0.25, 0.3) is 0 Å². The predicted molar refractivity (Wildman–Crippen MR) is 97.9 cm³/mol. The molecule has 5 nitrogen and oxygen atoms in total. The van der Waals surface area contributed by atoms with Crippen LogP contribution in [-0.4, -0.2) is 46.4 Å². The van der Waals surface area contributed by atoms with Gasteiger partial charge in [-0.25, -0.2) is 9.07 Å². The molecular formula is C20H26FN3O2. The highest BCUT2D eigenvalue weighted by molar-refractivity contribution is 5.79. The minimum absolute atomic E-state index is 0.129. The van der Waals surface area contributed by atoms with Gasteiger partial charge in [-0.1, -0.05) is 0 Å². The summed E-state index contributed by atoms with van der Waals surface area (Å²) in [6, 6.07) is 6.22. The lowest BCUT2D eigenvalue weighted by molar-refractivity contribution is -0.133. The van der Waals surface area contributed by atoms with Gasteiger partial charge >= 0.3 is 0 Å². The van der Waals surface area contributed by atoms with Crippen molar-refractivity contribution in [3.8, 4) is 5.69 Å². The van der Waals surface area contributed by atoms with Gasteiger partial charge in [0, 0.05) is 31.0 Å². The third-order valence-corrected chi connectivity index (χ3v) is 5.04. The molecule has 140 valence electrons. The molecule has 6 heteroatoms. The summed E-state index contributed by atoms with van der Waals surface area (Å²) in [4.78, 5) is 14.6. The molecule has 0 bridgehead atoms. The average Bonchev–Trinajstić information content (AvgIpc) is 2.91. The number of likely N-dealkylation sites (tertiary alicyclic amines) is 1. The Hall–Kier alpha value is -2.21. The fourth-order valence-electron chi connectivity index (χ4n) is 3.54. The summed E-state index contributed by atoms with van der Waals surface area (Å²) in [5.74, 6) is -0.147. The largest absolute Gasteiger partial charge is 0.378 e. The molecule has 1 aromatic carbocycles. The van der Waals surface area contributed by atoms with Crippen LogP contribution in [-0.2, 0) is 16.0 Å². The fourth-order valence-corrected chi connectivity index (χ4v) is 3.54. The molecule has 1 aliphatic heterocycles. The van der Waals surface area contributed by atoms with Crippen LogP contribution in [0.1, 0.15) is 36.7 Å². The van der Waals surface area contributed by atoms with Crippen LogP contribution in [0.4, 0.5) is 4.39 Å². The van der Waals surface area contributed by atoms with Gasteiger partial charge in [-0.05, 0) is 57.9 Å². The van der Waals surface area contributed by atoms with Crippen LogP contribution in [0.3, 0.4) is 0 Å². The van der Waals surface area contributed by atoms with Crippen molar-refractivity contribution >= 4 is 5.91 Å². The summed E-state index contributed by atoms with van der Waals surface area (Å²) in [7, 11) is 0. The monoisotopic (exact) mass is 359 g/mol. The summed E-state index contributed by atoms with van der Waals surface area (Å²) < 4.78 is 20.6. The number of amides is 1. The van der Waals surface area contributed by atoms with Gasteiger partial charge in [-0.15, -0.1) is 0 Å². The van der Waals surface area contributed by atoms with E-state index in [1.165, 1.54) is 12.1 Å². The van der Waals surface area contributed by atoms with Crippen LogP contribution in [0.2, 0.25) is 0 Å². The molecule has 0 saturated carbocycles. The number of ether oxygens (including phenoxy) is 1. The first-order valence-corrected chi connectivity index (χ1v) is 9.20. The zero-order valence-electron chi connectivity index (χ0n) is 15.7. The molecule has 2 aromatic rings. The van der Waals surface area contributed by atoms with Crippen molar-refractivity contribution in [1.82, 2.24) is 14.7 Å². The number of aryl methyl sites for hydroxylation is 1. The maximum Gasteiger partial charge on any atom is 0.227 e. The standard InChI is InChI=1S/C20H26FN3O2/c1-4-26-18-9-11-23(12-10-18)20(25)13-19-14(2)22-24(15(19)3)17-7-5-16(21)6-8-17/h5-8,18H,4,9-13H2,1-3H3. The minimum atomic E-state index is -0.277. The highest BCUT2D eigenvalue weighted by Gasteiger charge is 2.25. The van der Waals surface area contributed by atoms with Crippen molar-refractivity contribution in [3.63, 3.8) is 0 Å². The van der Waals surface area contributed by atoms with Crippen molar-refractivity contribution in [3.05, 3.63) is 47.0 Å². The SMILES string of the molecule is CCOC1CCN(C(=O)Cc2c(C)nn(-c3ccc(F)cc3)c2C)CC1. The topological polar surface area (TPSA) is 47.4 Å². The van der Waals surface area contributed by atoms with Gasteiger partial charge in [0.2, 0.25) is 5.91 Å². The summed E-state index contributed by atoms with van der Waals surface area (Å²) >= 11 is 0. The number of benzene rings is 1. The lowest BCUT2D eigenvalue weighted by atomic mass is 10.1. The summed E-state index contributed by atoms with van der Waals surface area (Å²) in [5, 5.41) is 4.55. The Morgan fingerprint density at radius 3 is 2.50 bits per heavy atom. The van der Waals surface area contributed by atoms with Crippen LogP contribution in [0.25, 0.3) is 5.69 Å². The number of hydrogen-bond acceptors (Lipinski definition) is 3. The van der Waals surface area contributed by atoms with E-state index >= 15 is 0 Å². The number of carbonyl (C=O) groups is 1. The van der Waals surface area contributed by atoms with Crippen molar-refractivity contribution < 1.29 is 13.9 Å². The molecule has 1 saturated heterocycles. The zero-order valence-corrected chi connectivity index (χ0v) is 15.7. The Balaban J connectivity index is 1.70. The quantitative estimate of drug-likeness (QED) is 0.824. The van der Waals surface area contributed by atoms with Crippen molar-refractivity contribution in [1.29, 1.82) is 0 Å². The highest BCUT2D eigenvalue weighted by Crippen LogP contribution is 2.21. The van der Waals surface area contributed by atoms with Gasteiger partial charge in [-0.3, -0.25) is 4.79 Å². The molecule has 0 radical (unpaired) electrons. The molecule has 0 N–H and O–H groups in total. The molecule has 1 amide bonds. The van der Waals surface area contributed by atoms with E-state index < -0.39 is 0 Å². The fraction of sp³-hybridized carbons (Fsp3) is 0.500. The second kappa shape index (κ2) is 7.99. The Kier molecular flexibility index (Phi) is 5.71. The van der Waals surface area contributed by atoms with E-state index in [0.29, 0.717) is 6.42 Å². The number of halogens is 1. The van der Waals surface area contributed by atoms with Crippen molar-refractivity contribution in [2.75, 3.05) is 19.7 Å². The smallest absolute Gasteiger partial charge is 0.227 e. The van der Waals surface area contributed by atoms with E-state index in [9.17, 15) is 9.18 Å². The maximum absolute atomic E-state index is 13.2. The first-order valence-electron chi connectivity index (χ1n) is 9.20. The number of hydrogen-bond donors (Lipinski definition) is 0. The number of piperidine rings is 1. The average molecular weight is 359 g/mol. The first kappa shape index (κ1) is 18.6. The van der Waals surface area contributed by atoms with E-state index in [0.717, 1.165) is 55.2 Å². The molecular weight excluding hydrogens is 333 g/mol. The molecule has 0 aliphatic carbocycles. The molecule has 3 rings (SSSR count). The van der Waals surface area contributed by atoms with Crippen LogP contribution in [0.5, 0.6) is 0 Å². The minimum Gasteiger partial charge on any atom is -0.378 e. The number of carbonyl (C=O) groups excluding carboxylic acids is 1. The Morgan fingerprint density at radius 1 is 1.23 bits per heavy atom. The lowest BCUT2D eigenvalue weighted by Crippen LogP contribution is -2.41. The molecule has 0 atom stereocenters. The van der Waals surface area contributed by atoms with E-state index in [4.69, 9.17) is 4.74 Å². The molecule has 0 unspecified atom stereocenters. The zero-order chi connectivity index (χ0) is 18.7. The van der Waals surface area contributed by atoms with Crippen LogP contribution >= 0.6 is 0 Å². The summed E-state index contributed by atoms with van der Waals surface area (Å²) in [6.07, 6.45) is 2.41. The molecule has 1 aliphatic rings. The van der Waals surface area contributed by atoms with Crippen molar-refractivity contribution in [2.24, 2.45) is 0 Å². The number of nitrogens with zero attached hydrogens (tertiary/aromatic N) is 3. The Labute approximate surface area is 153 Å². The second-order valence-corrected chi connectivity index (χ2v) is 6.75. The van der Waals surface area contributed by atoms with Crippen LogP contribution in [0, 0.1) is 19.7 Å². The molecule has 2 heterocycles. The normalized spacial score (nSPS) is 15.5. The van der Waals surface area contributed by atoms with Gasteiger partial charge in [-0.2, -0.15) is 5.10 Å². The Bertz CT molecular complexity index is 762. The van der Waals surface area contributed by atoms with Crippen LogP contribution in [0.15, 0.2) is 24.3 Å². The van der Waals surface area contributed by atoms with E-state index in [2.05, 4.69) is 5.10 Å². The highest BCUT2D eigenvalue weighted by atomic mass is 19.1. The molecule has 1 fully saturated rings. The molecule has 0 spiro atoms. The second-order valence-electron chi connectivity index (χ2n) is 6.75. The number of aromatic nitrogens is 2. The lowest BCUT2D eigenvalue weighted by Gasteiger charge is -2.31. The third-order valence-electron chi connectivity index (χ3n) is 5.04. The van der Waals surface area contributed by atoms with E-state index in [-0.39, 0.29) is 17.8 Å². The van der Waals surface area contributed by atoms with Crippen LogP contribution < -0.4 is 0 Å². The van der Waals surface area contributed by atoms with Gasteiger partial charge in [0.15, 0.2) is 0 Å². The first-order chi connectivity index (χ1) is 12.5. The van der Waals surface area contributed by atoms with E-state index in [1.807, 2.05) is 25.7 Å². The third kappa shape index (κ3) is 3.96. The summed E-state index contributed by atoms with van der Waals surface area (Å²) in [6.45, 7) is 8.08.